The van der Waals surface area contributed by atoms with Gasteiger partial charge in [0.15, 0.2) is 0 Å². The number of likely N-dealkylation sites (tertiary alicyclic amines) is 2. The van der Waals surface area contributed by atoms with E-state index in [2.05, 4.69) is 5.32 Å². The van der Waals surface area contributed by atoms with Crippen molar-refractivity contribution in [3.63, 3.8) is 0 Å². The fourth-order valence-electron chi connectivity index (χ4n) is 6.23. The van der Waals surface area contributed by atoms with Gasteiger partial charge in [-0.3, -0.25) is 14.9 Å². The van der Waals surface area contributed by atoms with E-state index < -0.39 is 24.1 Å². The third-order valence-corrected chi connectivity index (χ3v) is 8.86. The van der Waals surface area contributed by atoms with E-state index in [0.717, 1.165) is 49.7 Å². The van der Waals surface area contributed by atoms with Crippen molar-refractivity contribution in [3.05, 3.63) is 71.8 Å². The molecule has 10 nitrogen and oxygen atoms in total. The fraction of sp³-hybridized carbons (Fsp3) is 0.556. The molecule has 3 atom stereocenters. The minimum atomic E-state index is -0.664. The first-order chi connectivity index (χ1) is 22.4. The predicted molar refractivity (Wildman–Crippen MR) is 173 cm³/mol. The molecule has 1 N–H and O–H groups in total. The van der Waals surface area contributed by atoms with Crippen LogP contribution in [0.5, 0.6) is 0 Å². The summed E-state index contributed by atoms with van der Waals surface area (Å²) in [6.45, 7) is 6.04. The topological polar surface area (TPSA) is 114 Å². The van der Waals surface area contributed by atoms with Crippen molar-refractivity contribution in [2.24, 2.45) is 5.92 Å². The molecular formula is C36H49N3O7. The molecule has 2 aromatic rings. The lowest BCUT2D eigenvalue weighted by Crippen LogP contribution is -2.53. The highest BCUT2D eigenvalue weighted by Gasteiger charge is 2.38. The molecule has 2 aromatic carbocycles. The van der Waals surface area contributed by atoms with Crippen molar-refractivity contribution in [3.8, 4) is 0 Å². The Bertz CT molecular complexity index is 1250. The Kier molecular flexibility index (Phi) is 13.9. The number of nitrogens with zero attached hydrogens (tertiary/aromatic N) is 2. The zero-order valence-corrected chi connectivity index (χ0v) is 27.2. The first-order valence-corrected chi connectivity index (χ1v) is 16.7. The summed E-state index contributed by atoms with van der Waals surface area (Å²) in [5, 5.41) is 3.20. The van der Waals surface area contributed by atoms with Crippen molar-refractivity contribution in [1.29, 1.82) is 0 Å². The highest BCUT2D eigenvalue weighted by atomic mass is 16.6. The second-order valence-electron chi connectivity index (χ2n) is 12.2. The van der Waals surface area contributed by atoms with E-state index in [1.54, 1.807) is 23.6 Å². The SMILES string of the molecule is CCOC(=O)[C@H](CCCCC1CCN(C(=O)OCc2ccccc2)CC1)N[C@@H](C)C(=O)N1CCC[C@H]1C(=O)OCc1ccccc1. The smallest absolute Gasteiger partial charge is 0.410 e. The normalized spacial score (nSPS) is 18.1. The number of esters is 2. The molecule has 0 aromatic heterocycles. The maximum atomic E-state index is 13.4. The molecule has 0 bridgehead atoms. The third kappa shape index (κ3) is 10.6. The van der Waals surface area contributed by atoms with E-state index in [1.165, 1.54) is 0 Å². The Morgan fingerprint density at radius 2 is 1.46 bits per heavy atom. The Labute approximate surface area is 272 Å². The number of hydrogen-bond donors (Lipinski definition) is 1. The lowest BCUT2D eigenvalue weighted by Gasteiger charge is -2.31. The molecule has 2 amide bonds. The van der Waals surface area contributed by atoms with Crippen LogP contribution in [0.1, 0.15) is 76.3 Å². The summed E-state index contributed by atoms with van der Waals surface area (Å²) in [6.07, 6.45) is 6.16. The van der Waals surface area contributed by atoms with Crippen molar-refractivity contribution < 1.29 is 33.4 Å². The fourth-order valence-corrected chi connectivity index (χ4v) is 6.23. The first kappa shape index (κ1) is 34.9. The van der Waals surface area contributed by atoms with Crippen molar-refractivity contribution in [2.45, 2.75) is 96.6 Å². The van der Waals surface area contributed by atoms with Crippen LogP contribution in [-0.4, -0.2) is 78.1 Å². The molecular weight excluding hydrogens is 586 g/mol. The number of benzene rings is 2. The predicted octanol–water partition coefficient (Wildman–Crippen LogP) is 5.24. The summed E-state index contributed by atoms with van der Waals surface area (Å²) in [4.78, 5) is 55.0. The number of piperidine rings is 1. The van der Waals surface area contributed by atoms with E-state index in [4.69, 9.17) is 14.2 Å². The van der Waals surface area contributed by atoms with Gasteiger partial charge in [0, 0.05) is 19.6 Å². The van der Waals surface area contributed by atoms with E-state index in [-0.39, 0.29) is 37.8 Å². The Morgan fingerprint density at radius 3 is 2.09 bits per heavy atom. The number of unbranched alkanes of at least 4 members (excludes halogenated alkanes) is 1. The number of carbonyl (C=O) groups is 4. The highest BCUT2D eigenvalue weighted by Crippen LogP contribution is 2.24. The number of rotatable bonds is 15. The molecule has 4 rings (SSSR count). The van der Waals surface area contributed by atoms with Crippen LogP contribution in [0.4, 0.5) is 4.79 Å². The third-order valence-electron chi connectivity index (χ3n) is 8.86. The zero-order valence-electron chi connectivity index (χ0n) is 27.2. The van der Waals surface area contributed by atoms with Crippen LogP contribution < -0.4 is 5.32 Å². The highest BCUT2D eigenvalue weighted by molar-refractivity contribution is 5.88. The number of carbonyl (C=O) groups excluding carboxylic acids is 4. The second kappa shape index (κ2) is 18.3. The number of amides is 2. The molecule has 2 aliphatic rings. The lowest BCUT2D eigenvalue weighted by molar-refractivity contribution is -0.155. The first-order valence-electron chi connectivity index (χ1n) is 16.7. The minimum Gasteiger partial charge on any atom is -0.465 e. The van der Waals surface area contributed by atoms with Crippen molar-refractivity contribution in [2.75, 3.05) is 26.2 Å². The molecule has 0 aliphatic carbocycles. The van der Waals surface area contributed by atoms with Gasteiger partial charge >= 0.3 is 18.0 Å². The van der Waals surface area contributed by atoms with Crippen LogP contribution in [-0.2, 0) is 41.8 Å². The molecule has 0 unspecified atom stereocenters. The molecule has 250 valence electrons. The van der Waals surface area contributed by atoms with E-state index >= 15 is 0 Å². The van der Waals surface area contributed by atoms with Gasteiger partial charge in [-0.05, 0) is 63.0 Å². The van der Waals surface area contributed by atoms with Crippen LogP contribution in [0.2, 0.25) is 0 Å². The molecule has 0 saturated carbocycles. The zero-order chi connectivity index (χ0) is 32.7. The quantitative estimate of drug-likeness (QED) is 0.161. The Morgan fingerprint density at radius 1 is 0.826 bits per heavy atom. The Hall–Kier alpha value is -3.92. The van der Waals surface area contributed by atoms with E-state index in [1.807, 2.05) is 60.7 Å². The van der Waals surface area contributed by atoms with Crippen molar-refractivity contribution >= 4 is 23.9 Å². The van der Waals surface area contributed by atoms with Gasteiger partial charge in [-0.1, -0.05) is 79.9 Å². The standard InChI is InChI=1S/C36H49N3O7/c1-3-44-34(41)31(18-11-10-13-28-20-23-38(24-21-28)36(43)46-26-30-16-8-5-9-17-30)37-27(2)33(40)39-22-12-19-32(39)35(42)45-25-29-14-6-4-7-15-29/h4-9,14-17,27-28,31-32,37H,3,10-13,18-26H2,1-2H3/t27-,31-,32-/m0/s1. The monoisotopic (exact) mass is 635 g/mol. The van der Waals surface area contributed by atoms with Gasteiger partial charge in [0.25, 0.3) is 0 Å². The molecule has 0 radical (unpaired) electrons. The average Bonchev–Trinajstić information content (AvgIpc) is 3.58. The summed E-state index contributed by atoms with van der Waals surface area (Å²) >= 11 is 0. The summed E-state index contributed by atoms with van der Waals surface area (Å²) in [7, 11) is 0. The number of nitrogens with one attached hydrogen (secondary N) is 1. The summed E-state index contributed by atoms with van der Waals surface area (Å²) in [5.41, 5.74) is 1.86. The maximum Gasteiger partial charge on any atom is 0.410 e. The van der Waals surface area contributed by atoms with Gasteiger partial charge in [0.1, 0.15) is 25.3 Å². The summed E-state index contributed by atoms with van der Waals surface area (Å²) in [6, 6.07) is 17.2. The summed E-state index contributed by atoms with van der Waals surface area (Å²) < 4.78 is 16.3. The van der Waals surface area contributed by atoms with E-state index in [0.29, 0.717) is 38.4 Å². The molecule has 46 heavy (non-hydrogen) atoms. The molecule has 10 heteroatoms. The van der Waals surface area contributed by atoms with Gasteiger partial charge in [-0.25, -0.2) is 9.59 Å². The largest absolute Gasteiger partial charge is 0.465 e. The van der Waals surface area contributed by atoms with Gasteiger partial charge < -0.3 is 24.0 Å². The maximum absolute atomic E-state index is 13.4. The van der Waals surface area contributed by atoms with E-state index in [9.17, 15) is 19.2 Å². The van der Waals surface area contributed by atoms with Crippen LogP contribution in [0.3, 0.4) is 0 Å². The Balaban J connectivity index is 1.18. The van der Waals surface area contributed by atoms with Crippen LogP contribution >= 0.6 is 0 Å². The molecule has 2 aliphatic heterocycles. The molecule has 2 fully saturated rings. The van der Waals surface area contributed by atoms with Gasteiger partial charge in [-0.15, -0.1) is 0 Å². The lowest BCUT2D eigenvalue weighted by atomic mass is 9.91. The number of ether oxygens (including phenoxy) is 3. The van der Waals surface area contributed by atoms with Crippen LogP contribution in [0, 0.1) is 5.92 Å². The number of hydrogen-bond acceptors (Lipinski definition) is 8. The van der Waals surface area contributed by atoms with Gasteiger partial charge in [0.05, 0.1) is 12.6 Å². The minimum absolute atomic E-state index is 0.164. The second-order valence-corrected chi connectivity index (χ2v) is 12.2. The summed E-state index contributed by atoms with van der Waals surface area (Å²) in [5.74, 6) is -0.479. The average molecular weight is 636 g/mol. The van der Waals surface area contributed by atoms with Crippen LogP contribution in [0.25, 0.3) is 0 Å². The van der Waals surface area contributed by atoms with Gasteiger partial charge in [0.2, 0.25) is 5.91 Å². The van der Waals surface area contributed by atoms with Crippen LogP contribution in [0.15, 0.2) is 60.7 Å². The van der Waals surface area contributed by atoms with Crippen molar-refractivity contribution in [1.82, 2.24) is 15.1 Å². The van der Waals surface area contributed by atoms with Gasteiger partial charge in [-0.2, -0.15) is 0 Å². The molecule has 0 spiro atoms. The molecule has 2 saturated heterocycles. The molecule has 2 heterocycles.